The minimum atomic E-state index is -3.23. The summed E-state index contributed by atoms with van der Waals surface area (Å²) in [6, 6.07) is 12.1. The van der Waals surface area contributed by atoms with Crippen molar-refractivity contribution in [2.24, 2.45) is 0 Å². The Hall–Kier alpha value is -1.79. The van der Waals surface area contributed by atoms with E-state index in [-0.39, 0.29) is 0 Å². The molecule has 1 atom stereocenters. The van der Waals surface area contributed by atoms with Gasteiger partial charge >= 0.3 is 6.80 Å². The maximum Gasteiger partial charge on any atom is 0.440 e. The standard InChI is InChI=1S/C19H20ClN2O4PS/c1-3-11-28-27(23,24-4-2)26-16-8-6-15(7-9-16)25-19-13-21-18-12-14(20)5-10-17(18)22-19/h5-10,12-13H,3-4,11H2,1-2H3. The van der Waals surface area contributed by atoms with Gasteiger partial charge in [0.15, 0.2) is 0 Å². The zero-order chi connectivity index (χ0) is 20.0. The number of ether oxygens (including phenoxy) is 1. The largest absolute Gasteiger partial charge is 0.440 e. The molecule has 0 bridgehead atoms. The summed E-state index contributed by atoms with van der Waals surface area (Å²) in [5, 5.41) is 0.604. The number of hydrogen-bond acceptors (Lipinski definition) is 7. The minimum absolute atomic E-state index is 0.320. The van der Waals surface area contributed by atoms with Crippen LogP contribution in [0.2, 0.25) is 5.02 Å². The maximum atomic E-state index is 12.7. The Bertz CT molecular complexity index is 987. The predicted octanol–water partition coefficient (Wildman–Crippen LogP) is 6.74. The topological polar surface area (TPSA) is 70.5 Å². The van der Waals surface area contributed by atoms with Crippen LogP contribution in [0.3, 0.4) is 0 Å². The highest BCUT2D eigenvalue weighted by Crippen LogP contribution is 2.60. The van der Waals surface area contributed by atoms with Crippen molar-refractivity contribution < 1.29 is 18.3 Å². The highest BCUT2D eigenvalue weighted by molar-refractivity contribution is 8.55. The maximum absolute atomic E-state index is 12.7. The van der Waals surface area contributed by atoms with Crippen molar-refractivity contribution in [3.05, 3.63) is 53.7 Å². The zero-order valence-electron chi connectivity index (χ0n) is 15.5. The minimum Gasteiger partial charge on any atom is -0.437 e. The van der Waals surface area contributed by atoms with E-state index in [2.05, 4.69) is 9.97 Å². The van der Waals surface area contributed by atoms with Gasteiger partial charge in [-0.15, -0.1) is 0 Å². The van der Waals surface area contributed by atoms with Crippen LogP contribution >= 0.6 is 29.8 Å². The Balaban J connectivity index is 1.70. The van der Waals surface area contributed by atoms with Gasteiger partial charge < -0.3 is 9.26 Å². The smallest absolute Gasteiger partial charge is 0.437 e. The van der Waals surface area contributed by atoms with Crippen molar-refractivity contribution in [2.45, 2.75) is 20.3 Å². The van der Waals surface area contributed by atoms with E-state index in [4.69, 9.17) is 25.4 Å². The molecule has 0 amide bonds. The van der Waals surface area contributed by atoms with E-state index < -0.39 is 6.80 Å². The molecule has 0 aliphatic heterocycles. The Morgan fingerprint density at radius 2 is 1.82 bits per heavy atom. The van der Waals surface area contributed by atoms with Gasteiger partial charge in [-0.3, -0.25) is 4.52 Å². The molecule has 0 radical (unpaired) electrons. The second-order valence-electron chi connectivity index (χ2n) is 5.70. The molecule has 28 heavy (non-hydrogen) atoms. The van der Waals surface area contributed by atoms with Gasteiger partial charge in [0.25, 0.3) is 0 Å². The van der Waals surface area contributed by atoms with E-state index in [0.29, 0.717) is 45.8 Å². The first-order chi connectivity index (χ1) is 13.5. The average Bonchev–Trinajstić information content (AvgIpc) is 2.68. The van der Waals surface area contributed by atoms with Crippen LogP contribution in [-0.2, 0) is 9.09 Å². The molecule has 1 unspecified atom stereocenters. The third-order valence-electron chi connectivity index (χ3n) is 3.49. The second-order valence-corrected chi connectivity index (χ2v) is 10.3. The molecule has 1 heterocycles. The average molecular weight is 439 g/mol. The zero-order valence-corrected chi connectivity index (χ0v) is 18.0. The molecule has 3 rings (SSSR count). The monoisotopic (exact) mass is 438 g/mol. The van der Waals surface area contributed by atoms with Gasteiger partial charge in [-0.25, -0.2) is 14.5 Å². The molecule has 3 aromatic rings. The highest BCUT2D eigenvalue weighted by Gasteiger charge is 2.26. The molecule has 1 aromatic heterocycles. The van der Waals surface area contributed by atoms with Gasteiger partial charge in [-0.2, -0.15) is 0 Å². The van der Waals surface area contributed by atoms with Crippen molar-refractivity contribution >= 4 is 40.8 Å². The summed E-state index contributed by atoms with van der Waals surface area (Å²) in [7, 11) is 0. The molecule has 0 aliphatic carbocycles. The Morgan fingerprint density at radius 1 is 1.07 bits per heavy atom. The number of halogens is 1. The van der Waals surface area contributed by atoms with Crippen molar-refractivity contribution in [1.29, 1.82) is 0 Å². The van der Waals surface area contributed by atoms with Crippen molar-refractivity contribution in [3.8, 4) is 17.4 Å². The first-order valence-corrected chi connectivity index (χ1v) is 12.3. The van der Waals surface area contributed by atoms with Crippen molar-refractivity contribution in [2.75, 3.05) is 12.4 Å². The van der Waals surface area contributed by atoms with Crippen molar-refractivity contribution in [1.82, 2.24) is 9.97 Å². The van der Waals surface area contributed by atoms with Crippen LogP contribution in [0, 0.1) is 0 Å². The third kappa shape index (κ3) is 5.61. The highest BCUT2D eigenvalue weighted by atomic mass is 35.5. The van der Waals surface area contributed by atoms with Gasteiger partial charge in [0.1, 0.15) is 11.5 Å². The summed E-state index contributed by atoms with van der Waals surface area (Å²) in [5.41, 5.74) is 1.38. The second kappa shape index (κ2) is 9.61. The SMILES string of the molecule is CCCSP(=O)(OCC)Oc1ccc(Oc2cnc3cc(Cl)ccc3n2)cc1. The summed E-state index contributed by atoms with van der Waals surface area (Å²) >= 11 is 7.16. The summed E-state index contributed by atoms with van der Waals surface area (Å²) in [6.07, 6.45) is 2.42. The molecule has 6 nitrogen and oxygen atoms in total. The first-order valence-electron chi connectivity index (χ1n) is 8.80. The lowest BCUT2D eigenvalue weighted by molar-refractivity contribution is 0.296. The number of nitrogens with zero attached hydrogens (tertiary/aromatic N) is 2. The van der Waals surface area contributed by atoms with Crippen LogP contribution in [0.15, 0.2) is 48.7 Å². The van der Waals surface area contributed by atoms with Gasteiger partial charge in [-0.05, 0) is 67.2 Å². The van der Waals surface area contributed by atoms with Crippen LogP contribution < -0.4 is 9.26 Å². The molecular weight excluding hydrogens is 419 g/mol. The molecule has 148 valence electrons. The summed E-state index contributed by atoms with van der Waals surface area (Å²) < 4.78 is 29.4. The predicted molar refractivity (Wildman–Crippen MR) is 114 cm³/mol. The summed E-state index contributed by atoms with van der Waals surface area (Å²) in [6.45, 7) is 0.896. The number of fused-ring (bicyclic) bond motifs is 1. The van der Waals surface area contributed by atoms with Crippen LogP contribution in [0.4, 0.5) is 0 Å². The van der Waals surface area contributed by atoms with Crippen LogP contribution in [0.5, 0.6) is 17.4 Å². The fraction of sp³-hybridized carbons (Fsp3) is 0.263. The molecular formula is C19H20ClN2O4PS. The molecule has 0 fully saturated rings. The lowest BCUT2D eigenvalue weighted by atomic mass is 10.3. The quantitative estimate of drug-likeness (QED) is 0.342. The van der Waals surface area contributed by atoms with Gasteiger partial charge in [0.2, 0.25) is 5.88 Å². The fourth-order valence-corrected chi connectivity index (χ4v) is 5.91. The number of hydrogen-bond donors (Lipinski definition) is 0. The van der Waals surface area contributed by atoms with E-state index >= 15 is 0 Å². The fourth-order valence-electron chi connectivity index (χ4n) is 2.29. The number of rotatable bonds is 9. The van der Waals surface area contributed by atoms with E-state index in [1.807, 2.05) is 6.92 Å². The Morgan fingerprint density at radius 3 is 2.54 bits per heavy atom. The lowest BCUT2D eigenvalue weighted by Gasteiger charge is -2.17. The van der Waals surface area contributed by atoms with Crippen LogP contribution in [-0.4, -0.2) is 22.3 Å². The first kappa shape index (κ1) is 20.9. The van der Waals surface area contributed by atoms with Crippen LogP contribution in [0.25, 0.3) is 11.0 Å². The molecule has 9 heteroatoms. The third-order valence-corrected chi connectivity index (χ3v) is 7.67. The van der Waals surface area contributed by atoms with E-state index in [1.165, 1.54) is 17.6 Å². The van der Waals surface area contributed by atoms with Crippen molar-refractivity contribution in [3.63, 3.8) is 0 Å². The molecule has 0 saturated carbocycles. The molecule has 0 saturated heterocycles. The van der Waals surface area contributed by atoms with E-state index in [1.54, 1.807) is 49.4 Å². The molecule has 0 aliphatic rings. The lowest BCUT2D eigenvalue weighted by Crippen LogP contribution is -1.96. The Kier molecular flexibility index (Phi) is 7.18. The van der Waals surface area contributed by atoms with Gasteiger partial charge in [-0.1, -0.05) is 18.5 Å². The van der Waals surface area contributed by atoms with Gasteiger partial charge in [0.05, 0.1) is 23.8 Å². The summed E-state index contributed by atoms with van der Waals surface area (Å²) in [5.74, 6) is 2.07. The Labute approximate surface area is 172 Å². The number of benzene rings is 2. The molecule has 2 aromatic carbocycles. The van der Waals surface area contributed by atoms with E-state index in [0.717, 1.165) is 6.42 Å². The van der Waals surface area contributed by atoms with Crippen LogP contribution in [0.1, 0.15) is 20.3 Å². The van der Waals surface area contributed by atoms with E-state index in [9.17, 15) is 4.57 Å². The number of aromatic nitrogens is 2. The van der Waals surface area contributed by atoms with Gasteiger partial charge in [0, 0.05) is 10.8 Å². The summed E-state index contributed by atoms with van der Waals surface area (Å²) in [4.78, 5) is 8.71. The molecule has 0 spiro atoms. The normalized spacial score (nSPS) is 13.2. The molecule has 0 N–H and O–H groups in total.